The summed E-state index contributed by atoms with van der Waals surface area (Å²) in [5.74, 6) is -3.26. The van der Waals surface area contributed by atoms with Crippen LogP contribution in [-0.2, 0) is 10.4 Å². The molecule has 3 heterocycles. The summed E-state index contributed by atoms with van der Waals surface area (Å²) in [5, 5.41) is 19.7. The summed E-state index contributed by atoms with van der Waals surface area (Å²) in [5.41, 5.74) is -1.93. The number of carbonyl (C=O) groups is 1. The number of aliphatic hydroxyl groups is 1. The molecule has 2 unspecified atom stereocenters. The Hall–Kier alpha value is -1.54. The number of carbonyl (C=O) groups excluding carboxylic acids is 1. The number of hydrogen-bond donors (Lipinski definition) is 3. The van der Waals surface area contributed by atoms with Crippen molar-refractivity contribution < 1.29 is 18.7 Å². The lowest BCUT2D eigenvalue weighted by molar-refractivity contribution is -0.138. The Balaban J connectivity index is 1.73. The first-order chi connectivity index (χ1) is 9.74. The highest BCUT2D eigenvalue weighted by Crippen LogP contribution is 2.36. The van der Waals surface area contributed by atoms with Crippen molar-refractivity contribution >= 4 is 5.91 Å². The predicted molar refractivity (Wildman–Crippen MR) is 69.7 cm³/mol. The monoisotopic (exact) mass is 300 g/mol. The van der Waals surface area contributed by atoms with E-state index < -0.39 is 35.9 Å². The largest absolute Gasteiger partial charge is 0.382 e. The van der Waals surface area contributed by atoms with Crippen LogP contribution in [0.4, 0.5) is 8.78 Å². The van der Waals surface area contributed by atoms with E-state index in [2.05, 4.69) is 15.5 Å². The molecule has 1 aromatic rings. The summed E-state index contributed by atoms with van der Waals surface area (Å²) in [6, 6.07) is 1.65. The van der Waals surface area contributed by atoms with Gasteiger partial charge in [0.05, 0.1) is 18.8 Å². The van der Waals surface area contributed by atoms with Gasteiger partial charge in [-0.05, 0) is 13.0 Å². The number of rotatable bonds is 2. The number of likely N-dealkylation sites (tertiary alicyclic amines) is 1. The highest BCUT2D eigenvalue weighted by atomic mass is 19.3. The van der Waals surface area contributed by atoms with Crippen molar-refractivity contribution in [3.05, 3.63) is 18.0 Å². The van der Waals surface area contributed by atoms with Gasteiger partial charge in [-0.3, -0.25) is 15.2 Å². The molecule has 3 N–H and O–H groups in total. The molecule has 116 valence electrons. The molecule has 0 saturated carbocycles. The highest BCUT2D eigenvalue weighted by Gasteiger charge is 2.53. The van der Waals surface area contributed by atoms with Gasteiger partial charge in [0.15, 0.2) is 0 Å². The van der Waals surface area contributed by atoms with Crippen LogP contribution in [0, 0.1) is 0 Å². The van der Waals surface area contributed by atoms with Crippen LogP contribution in [0.25, 0.3) is 0 Å². The minimum absolute atomic E-state index is 0.0802. The minimum atomic E-state index is -2.87. The van der Waals surface area contributed by atoms with Gasteiger partial charge in [-0.25, -0.2) is 8.78 Å². The molecule has 3 rings (SSSR count). The molecule has 2 saturated heterocycles. The first-order valence-corrected chi connectivity index (χ1v) is 6.89. The number of amides is 1. The lowest BCUT2D eigenvalue weighted by atomic mass is 9.96. The van der Waals surface area contributed by atoms with E-state index in [4.69, 9.17) is 0 Å². The summed E-state index contributed by atoms with van der Waals surface area (Å²) in [6.45, 7) is 1.41. The zero-order chi connectivity index (χ0) is 15.3. The van der Waals surface area contributed by atoms with E-state index in [1.54, 1.807) is 6.07 Å². The molecule has 0 bridgehead atoms. The van der Waals surface area contributed by atoms with Crippen LogP contribution >= 0.6 is 0 Å². The molecular weight excluding hydrogens is 282 g/mol. The fourth-order valence-electron chi connectivity index (χ4n) is 3.17. The summed E-state index contributed by atoms with van der Waals surface area (Å²) < 4.78 is 26.7. The molecule has 6 nitrogen and oxygen atoms in total. The SMILES string of the molecule is CC1(C(=O)N2CCC(O)(c3ccn[nH]3)C2)CC(F)(F)CN1. The van der Waals surface area contributed by atoms with Crippen molar-refractivity contribution in [1.82, 2.24) is 20.4 Å². The molecule has 2 fully saturated rings. The minimum Gasteiger partial charge on any atom is -0.382 e. The van der Waals surface area contributed by atoms with Crippen LogP contribution in [0.2, 0.25) is 0 Å². The van der Waals surface area contributed by atoms with Gasteiger partial charge in [0.1, 0.15) is 11.1 Å². The van der Waals surface area contributed by atoms with Crippen molar-refractivity contribution in [2.45, 2.75) is 36.8 Å². The standard InChI is InChI=1S/C13H18F2N4O2/c1-11(6-13(14,15)7-16-11)10(20)19-5-3-12(21,8-19)9-2-4-17-18-9/h2,4,16,21H,3,5-8H2,1H3,(H,17,18). The van der Waals surface area contributed by atoms with E-state index in [0.29, 0.717) is 18.7 Å². The zero-order valence-electron chi connectivity index (χ0n) is 11.7. The van der Waals surface area contributed by atoms with Crippen molar-refractivity contribution in [2.24, 2.45) is 0 Å². The van der Waals surface area contributed by atoms with Gasteiger partial charge in [0.25, 0.3) is 5.92 Å². The quantitative estimate of drug-likeness (QED) is 0.730. The molecule has 2 atom stereocenters. The van der Waals surface area contributed by atoms with E-state index in [1.807, 2.05) is 0 Å². The fourth-order valence-corrected chi connectivity index (χ4v) is 3.17. The second kappa shape index (κ2) is 4.48. The van der Waals surface area contributed by atoms with Gasteiger partial charge >= 0.3 is 0 Å². The lowest BCUT2D eigenvalue weighted by Crippen LogP contribution is -2.52. The first-order valence-electron chi connectivity index (χ1n) is 6.89. The van der Waals surface area contributed by atoms with Crippen LogP contribution in [-0.4, -0.2) is 57.2 Å². The van der Waals surface area contributed by atoms with E-state index in [-0.39, 0.29) is 6.54 Å². The number of alkyl halides is 2. The molecule has 0 radical (unpaired) electrons. The lowest BCUT2D eigenvalue weighted by Gasteiger charge is -2.30. The van der Waals surface area contributed by atoms with Crippen LogP contribution in [0.3, 0.4) is 0 Å². The number of β-amino-alcohol motifs (C(OH)–C–C–N with tert-alkyl or cyclic N) is 1. The van der Waals surface area contributed by atoms with Crippen molar-refractivity contribution in [2.75, 3.05) is 19.6 Å². The number of hydrogen-bond acceptors (Lipinski definition) is 4. The number of nitrogens with zero attached hydrogens (tertiary/aromatic N) is 2. The van der Waals surface area contributed by atoms with Gasteiger partial charge in [0, 0.05) is 25.6 Å². The maximum atomic E-state index is 13.4. The number of H-pyrrole nitrogens is 1. The average Bonchev–Trinajstić information content (AvgIpc) is 3.09. The third-order valence-electron chi connectivity index (χ3n) is 4.36. The smallest absolute Gasteiger partial charge is 0.262 e. The van der Waals surface area contributed by atoms with Gasteiger partial charge < -0.3 is 10.0 Å². The molecular formula is C13H18F2N4O2. The summed E-state index contributed by atoms with van der Waals surface area (Å²) >= 11 is 0. The maximum Gasteiger partial charge on any atom is 0.262 e. The fraction of sp³-hybridized carbons (Fsp3) is 0.692. The second-order valence-corrected chi connectivity index (χ2v) is 6.20. The van der Waals surface area contributed by atoms with Crippen LogP contribution in [0.5, 0.6) is 0 Å². The van der Waals surface area contributed by atoms with Crippen LogP contribution in [0.1, 0.15) is 25.5 Å². The summed E-state index contributed by atoms with van der Waals surface area (Å²) in [7, 11) is 0. The number of aromatic amines is 1. The van der Waals surface area contributed by atoms with Crippen molar-refractivity contribution in [3.63, 3.8) is 0 Å². The molecule has 21 heavy (non-hydrogen) atoms. The van der Waals surface area contributed by atoms with Crippen LogP contribution in [0.15, 0.2) is 12.3 Å². The van der Waals surface area contributed by atoms with E-state index in [0.717, 1.165) is 0 Å². The van der Waals surface area contributed by atoms with Gasteiger partial charge in [-0.2, -0.15) is 5.10 Å². The Bertz CT molecular complexity index is 550. The van der Waals surface area contributed by atoms with E-state index in [1.165, 1.54) is 18.0 Å². The molecule has 0 aliphatic carbocycles. The van der Waals surface area contributed by atoms with Crippen LogP contribution < -0.4 is 5.32 Å². The van der Waals surface area contributed by atoms with Gasteiger partial charge in [-0.15, -0.1) is 0 Å². The molecule has 0 aromatic carbocycles. The molecule has 2 aliphatic heterocycles. The third kappa shape index (κ3) is 2.42. The number of halogens is 2. The van der Waals surface area contributed by atoms with Gasteiger partial charge in [0.2, 0.25) is 5.91 Å². The molecule has 2 aliphatic rings. The molecule has 0 spiro atoms. The second-order valence-electron chi connectivity index (χ2n) is 6.20. The normalized spacial score (nSPS) is 35.3. The Kier molecular flexibility index (Phi) is 3.07. The first kappa shape index (κ1) is 14.4. The Morgan fingerprint density at radius 1 is 1.52 bits per heavy atom. The third-order valence-corrected chi connectivity index (χ3v) is 4.36. The highest BCUT2D eigenvalue weighted by molar-refractivity contribution is 5.87. The van der Waals surface area contributed by atoms with Crippen molar-refractivity contribution in [3.8, 4) is 0 Å². The van der Waals surface area contributed by atoms with E-state index >= 15 is 0 Å². The number of nitrogens with one attached hydrogen (secondary N) is 2. The van der Waals surface area contributed by atoms with E-state index in [9.17, 15) is 18.7 Å². The maximum absolute atomic E-state index is 13.4. The van der Waals surface area contributed by atoms with Crippen molar-refractivity contribution in [1.29, 1.82) is 0 Å². The Morgan fingerprint density at radius 2 is 2.29 bits per heavy atom. The predicted octanol–water partition coefficient (Wildman–Crippen LogP) is 0.217. The topological polar surface area (TPSA) is 81.2 Å². The number of aromatic nitrogens is 2. The Labute approximate surface area is 120 Å². The molecule has 8 heteroatoms. The summed E-state index contributed by atoms with van der Waals surface area (Å²) in [4.78, 5) is 13.9. The Morgan fingerprint density at radius 3 is 2.86 bits per heavy atom. The average molecular weight is 300 g/mol. The molecule has 1 amide bonds. The zero-order valence-corrected chi connectivity index (χ0v) is 11.7. The van der Waals surface area contributed by atoms with Gasteiger partial charge in [-0.1, -0.05) is 0 Å². The molecule has 1 aromatic heterocycles. The summed E-state index contributed by atoms with van der Waals surface area (Å²) in [6.07, 6.45) is 1.36.